The minimum absolute atomic E-state index is 0.0620. The number of rotatable bonds is 6. The molecule has 5 rings (SSSR count). The molecule has 0 radical (unpaired) electrons. The minimum atomic E-state index is -0.624. The van der Waals surface area contributed by atoms with Gasteiger partial charge in [0.05, 0.1) is 25.4 Å². The van der Waals surface area contributed by atoms with E-state index in [-0.39, 0.29) is 12.1 Å². The molecule has 0 aliphatic heterocycles. The number of anilines is 2. The first kappa shape index (κ1) is 20.5. The molecule has 164 valence electrons. The van der Waals surface area contributed by atoms with Gasteiger partial charge in [0.1, 0.15) is 17.3 Å². The van der Waals surface area contributed by atoms with Crippen LogP contribution in [0.4, 0.5) is 20.3 Å². The predicted molar refractivity (Wildman–Crippen MR) is 120 cm³/mol. The summed E-state index contributed by atoms with van der Waals surface area (Å²) >= 11 is 0. The molecule has 0 bridgehead atoms. The molecule has 0 saturated carbocycles. The molecule has 9 heteroatoms. The molecule has 0 spiro atoms. The second kappa shape index (κ2) is 8.62. The Kier molecular flexibility index (Phi) is 5.35. The number of halogens is 2. The average molecular weight is 444 g/mol. The summed E-state index contributed by atoms with van der Waals surface area (Å²) in [6.45, 7) is -0.0721. The first-order valence-electron chi connectivity index (χ1n) is 10.1. The Hall–Kier alpha value is -4.40. The van der Waals surface area contributed by atoms with E-state index in [1.165, 1.54) is 25.3 Å². The maximum absolute atomic E-state index is 14.3. The van der Waals surface area contributed by atoms with Crippen molar-refractivity contribution in [2.24, 2.45) is 0 Å². The summed E-state index contributed by atoms with van der Waals surface area (Å²) in [5, 5.41) is 8.57. The second-order valence-corrected chi connectivity index (χ2v) is 7.20. The zero-order valence-corrected chi connectivity index (χ0v) is 17.5. The quantitative estimate of drug-likeness (QED) is 0.399. The van der Waals surface area contributed by atoms with Gasteiger partial charge in [0, 0.05) is 29.0 Å². The summed E-state index contributed by atoms with van der Waals surface area (Å²) in [6, 6.07) is 14.8. The third-order valence-corrected chi connectivity index (χ3v) is 5.16. The zero-order chi connectivity index (χ0) is 22.8. The Morgan fingerprint density at radius 2 is 1.73 bits per heavy atom. The monoisotopic (exact) mass is 444 g/mol. The molecule has 0 aliphatic rings. The SMILES string of the molecule is COc1cnc(-c2nn(Cc3c(F)cccc3F)c3ccccc23)nc1Nc1ccncc1. The van der Waals surface area contributed by atoms with Crippen molar-refractivity contribution in [3.05, 3.63) is 90.4 Å². The largest absolute Gasteiger partial charge is 0.491 e. The standard InChI is InChI=1S/C24H18F2N6O/c1-33-21-13-28-24(30-23(21)29-15-9-11-27-12-10-15)22-16-5-2-3-8-20(16)32(31-22)14-17-18(25)6-4-7-19(17)26/h2-13H,14H2,1H3,(H,27,28,29,30). The molecule has 3 aromatic heterocycles. The topological polar surface area (TPSA) is 77.8 Å². The molecule has 7 nitrogen and oxygen atoms in total. The summed E-state index contributed by atoms with van der Waals surface area (Å²) in [5.41, 5.74) is 1.91. The van der Waals surface area contributed by atoms with Crippen molar-refractivity contribution in [2.75, 3.05) is 12.4 Å². The lowest BCUT2D eigenvalue weighted by atomic mass is 10.2. The highest BCUT2D eigenvalue weighted by molar-refractivity contribution is 5.92. The van der Waals surface area contributed by atoms with Crippen LogP contribution in [0, 0.1) is 11.6 Å². The Labute approximate surface area is 187 Å². The summed E-state index contributed by atoms with van der Waals surface area (Å²) in [7, 11) is 1.53. The lowest BCUT2D eigenvalue weighted by Crippen LogP contribution is -2.06. The highest BCUT2D eigenvalue weighted by Crippen LogP contribution is 2.31. The Morgan fingerprint density at radius 1 is 0.970 bits per heavy atom. The van der Waals surface area contributed by atoms with E-state index in [0.717, 1.165) is 11.1 Å². The van der Waals surface area contributed by atoms with E-state index in [2.05, 4.69) is 25.4 Å². The van der Waals surface area contributed by atoms with Crippen LogP contribution in [-0.2, 0) is 6.54 Å². The third-order valence-electron chi connectivity index (χ3n) is 5.16. The van der Waals surface area contributed by atoms with E-state index < -0.39 is 11.6 Å². The maximum Gasteiger partial charge on any atom is 0.183 e. The van der Waals surface area contributed by atoms with Crippen LogP contribution < -0.4 is 10.1 Å². The first-order chi connectivity index (χ1) is 16.1. The molecule has 0 unspecified atom stereocenters. The van der Waals surface area contributed by atoms with Crippen molar-refractivity contribution in [3.8, 4) is 17.3 Å². The number of para-hydroxylation sites is 1. The normalized spacial score (nSPS) is 11.0. The summed E-state index contributed by atoms with van der Waals surface area (Å²) in [4.78, 5) is 13.0. The number of nitrogens with zero attached hydrogens (tertiary/aromatic N) is 5. The van der Waals surface area contributed by atoms with E-state index in [4.69, 9.17) is 4.74 Å². The lowest BCUT2D eigenvalue weighted by Gasteiger charge is -2.10. The highest BCUT2D eigenvalue weighted by atomic mass is 19.1. The number of aromatic nitrogens is 5. The number of ether oxygens (including phenoxy) is 1. The van der Waals surface area contributed by atoms with Crippen LogP contribution in [0.1, 0.15) is 5.56 Å². The van der Waals surface area contributed by atoms with E-state index >= 15 is 0 Å². The van der Waals surface area contributed by atoms with Gasteiger partial charge in [-0.15, -0.1) is 0 Å². The van der Waals surface area contributed by atoms with Crippen molar-refractivity contribution >= 4 is 22.4 Å². The van der Waals surface area contributed by atoms with Crippen LogP contribution in [0.5, 0.6) is 5.75 Å². The Bertz CT molecular complexity index is 1420. The fraction of sp³-hybridized carbons (Fsp3) is 0.0833. The molecule has 5 aromatic rings. The van der Waals surface area contributed by atoms with Crippen molar-refractivity contribution in [1.82, 2.24) is 24.7 Å². The van der Waals surface area contributed by atoms with Gasteiger partial charge >= 0.3 is 0 Å². The van der Waals surface area contributed by atoms with Crippen molar-refractivity contribution in [2.45, 2.75) is 6.54 Å². The van der Waals surface area contributed by atoms with Gasteiger partial charge < -0.3 is 10.1 Å². The molecular weight excluding hydrogens is 426 g/mol. The minimum Gasteiger partial charge on any atom is -0.491 e. The molecule has 0 aliphatic carbocycles. The van der Waals surface area contributed by atoms with Crippen molar-refractivity contribution in [1.29, 1.82) is 0 Å². The average Bonchev–Trinajstić information content (AvgIpc) is 3.21. The molecule has 0 amide bonds. The first-order valence-corrected chi connectivity index (χ1v) is 10.1. The summed E-state index contributed by atoms with van der Waals surface area (Å²) in [6.07, 6.45) is 4.87. The number of fused-ring (bicyclic) bond motifs is 1. The number of pyridine rings is 1. The van der Waals surface area contributed by atoms with E-state index in [0.29, 0.717) is 28.6 Å². The van der Waals surface area contributed by atoms with Gasteiger partial charge in [0.25, 0.3) is 0 Å². The summed E-state index contributed by atoms with van der Waals surface area (Å²) in [5.74, 6) is -0.00199. The fourth-order valence-corrected chi connectivity index (χ4v) is 3.54. The molecular formula is C24H18F2N6O. The van der Waals surface area contributed by atoms with Crippen LogP contribution in [0.3, 0.4) is 0 Å². The third kappa shape index (κ3) is 3.96. The molecule has 0 atom stereocenters. The van der Waals surface area contributed by atoms with Gasteiger partial charge in [-0.05, 0) is 30.3 Å². The zero-order valence-electron chi connectivity index (χ0n) is 17.5. The van der Waals surface area contributed by atoms with Crippen LogP contribution in [0.2, 0.25) is 0 Å². The van der Waals surface area contributed by atoms with Crippen LogP contribution in [0.25, 0.3) is 22.4 Å². The predicted octanol–water partition coefficient (Wildman–Crippen LogP) is 4.97. The van der Waals surface area contributed by atoms with Crippen molar-refractivity contribution in [3.63, 3.8) is 0 Å². The van der Waals surface area contributed by atoms with Gasteiger partial charge in [0.15, 0.2) is 17.4 Å². The second-order valence-electron chi connectivity index (χ2n) is 7.20. The van der Waals surface area contributed by atoms with Crippen molar-refractivity contribution < 1.29 is 13.5 Å². The molecule has 0 fully saturated rings. The fourth-order valence-electron chi connectivity index (χ4n) is 3.54. The molecule has 33 heavy (non-hydrogen) atoms. The van der Waals surface area contributed by atoms with Gasteiger partial charge in [-0.3, -0.25) is 9.67 Å². The molecule has 1 N–H and O–H groups in total. The van der Waals surface area contributed by atoms with Gasteiger partial charge in [-0.2, -0.15) is 5.10 Å². The smallest absolute Gasteiger partial charge is 0.183 e. The van der Waals surface area contributed by atoms with Crippen LogP contribution >= 0.6 is 0 Å². The maximum atomic E-state index is 14.3. The highest BCUT2D eigenvalue weighted by Gasteiger charge is 2.19. The molecule has 2 aromatic carbocycles. The number of hydrogen-bond acceptors (Lipinski definition) is 6. The Balaban J connectivity index is 1.60. The molecule has 0 saturated heterocycles. The van der Waals surface area contributed by atoms with E-state index in [1.807, 2.05) is 24.3 Å². The Morgan fingerprint density at radius 3 is 2.48 bits per heavy atom. The summed E-state index contributed by atoms with van der Waals surface area (Å²) < 4.78 is 35.5. The van der Waals surface area contributed by atoms with Gasteiger partial charge in [0.2, 0.25) is 0 Å². The van der Waals surface area contributed by atoms with Crippen LogP contribution in [0.15, 0.2) is 73.2 Å². The number of benzene rings is 2. The van der Waals surface area contributed by atoms with Crippen LogP contribution in [-0.4, -0.2) is 31.8 Å². The number of nitrogens with one attached hydrogen (secondary N) is 1. The van der Waals surface area contributed by atoms with Gasteiger partial charge in [-0.25, -0.2) is 18.7 Å². The molecule has 3 heterocycles. The van der Waals surface area contributed by atoms with Gasteiger partial charge in [-0.1, -0.05) is 24.3 Å². The van der Waals surface area contributed by atoms with E-state index in [9.17, 15) is 8.78 Å². The lowest BCUT2D eigenvalue weighted by molar-refractivity contribution is 0.413. The van der Waals surface area contributed by atoms with E-state index in [1.54, 1.807) is 35.4 Å². The number of methoxy groups -OCH3 is 1. The number of hydrogen-bond donors (Lipinski definition) is 1.